The molecule has 1 heterocycles. The first-order valence-corrected chi connectivity index (χ1v) is 11.7. The minimum absolute atomic E-state index is 0.114. The molecule has 4 nitrogen and oxygen atoms in total. The van der Waals surface area contributed by atoms with Gasteiger partial charge >= 0.3 is 0 Å². The summed E-state index contributed by atoms with van der Waals surface area (Å²) in [5.41, 5.74) is 4.83. The van der Waals surface area contributed by atoms with Crippen LogP contribution in [0, 0.1) is 11.3 Å². The lowest BCUT2D eigenvalue weighted by Gasteiger charge is -2.32. The Kier molecular flexibility index (Phi) is 7.44. The molecule has 0 spiro atoms. The predicted octanol–water partition coefficient (Wildman–Crippen LogP) is 6.15. The van der Waals surface area contributed by atoms with Crippen molar-refractivity contribution in [2.45, 2.75) is 37.7 Å². The van der Waals surface area contributed by atoms with Crippen LogP contribution >= 0.6 is 0 Å². The summed E-state index contributed by atoms with van der Waals surface area (Å²) in [6.45, 7) is 0. The Morgan fingerprint density at radius 2 is 1.62 bits per heavy atom. The Hall–Kier alpha value is -3.84. The lowest BCUT2D eigenvalue weighted by Crippen LogP contribution is -2.26. The van der Waals surface area contributed by atoms with Crippen LogP contribution in [0.4, 0.5) is 5.69 Å². The summed E-state index contributed by atoms with van der Waals surface area (Å²) < 4.78 is 6.34. The summed E-state index contributed by atoms with van der Waals surface area (Å²) in [6.07, 6.45) is 1.90. The standard InChI is InChI=1S/C30H30N2O2/c1-32(2)25-16-14-23(15-17-25)28-20-27(19-26(33)18-13-22-9-5-3-6-10-22)34-30(29(28)21-31)24-11-7-4-8-12-24/h3-12,14-17,27-28H,13,18-20H2,1-2H3/t27-,28+/m1/s1. The topological polar surface area (TPSA) is 53.3 Å². The lowest BCUT2D eigenvalue weighted by atomic mass is 9.82. The average Bonchev–Trinajstić information content (AvgIpc) is 2.88. The second-order valence-electron chi connectivity index (χ2n) is 8.96. The van der Waals surface area contributed by atoms with Crippen molar-refractivity contribution >= 4 is 17.2 Å². The predicted molar refractivity (Wildman–Crippen MR) is 136 cm³/mol. The number of ketones is 1. The summed E-state index contributed by atoms with van der Waals surface area (Å²) in [7, 11) is 4.02. The van der Waals surface area contributed by atoms with Crippen LogP contribution in [0.5, 0.6) is 0 Å². The van der Waals surface area contributed by atoms with Crippen LogP contribution in [-0.4, -0.2) is 26.0 Å². The Labute approximate surface area is 202 Å². The SMILES string of the molecule is CN(C)c1ccc([C@@H]2C[C@@H](CC(=O)CCc3ccccc3)OC(c3ccccc3)=C2C#N)cc1. The number of ether oxygens (including phenoxy) is 1. The number of nitrogens with zero attached hydrogens (tertiary/aromatic N) is 2. The van der Waals surface area contributed by atoms with Gasteiger partial charge in [-0.25, -0.2) is 0 Å². The molecule has 0 fully saturated rings. The third kappa shape index (κ3) is 5.55. The molecule has 0 saturated heterocycles. The van der Waals surface area contributed by atoms with E-state index in [1.165, 1.54) is 0 Å². The first-order valence-electron chi connectivity index (χ1n) is 11.7. The highest BCUT2D eigenvalue weighted by Gasteiger charge is 2.33. The maximum atomic E-state index is 12.9. The molecule has 0 unspecified atom stereocenters. The molecule has 1 aliphatic heterocycles. The van der Waals surface area contributed by atoms with Crippen molar-refractivity contribution < 1.29 is 9.53 Å². The highest BCUT2D eigenvalue weighted by atomic mass is 16.5. The smallest absolute Gasteiger partial charge is 0.141 e. The van der Waals surface area contributed by atoms with Crippen LogP contribution in [0.25, 0.3) is 5.76 Å². The van der Waals surface area contributed by atoms with E-state index in [-0.39, 0.29) is 17.8 Å². The number of rotatable bonds is 8. The number of aryl methyl sites for hydroxylation is 1. The number of anilines is 1. The van der Waals surface area contributed by atoms with E-state index in [9.17, 15) is 10.1 Å². The number of nitriles is 1. The van der Waals surface area contributed by atoms with Gasteiger partial charge in [0, 0.05) is 44.1 Å². The van der Waals surface area contributed by atoms with Crippen LogP contribution in [0.1, 0.15) is 41.9 Å². The van der Waals surface area contributed by atoms with Gasteiger partial charge in [0.15, 0.2) is 0 Å². The van der Waals surface area contributed by atoms with E-state index in [2.05, 4.69) is 35.2 Å². The summed E-state index contributed by atoms with van der Waals surface area (Å²) >= 11 is 0. The Morgan fingerprint density at radius 3 is 2.24 bits per heavy atom. The molecule has 172 valence electrons. The molecular formula is C30H30N2O2. The van der Waals surface area contributed by atoms with Crippen molar-refractivity contribution in [1.29, 1.82) is 5.26 Å². The van der Waals surface area contributed by atoms with Gasteiger partial charge in [-0.1, -0.05) is 72.8 Å². The van der Waals surface area contributed by atoms with Gasteiger partial charge in [-0.15, -0.1) is 0 Å². The Balaban J connectivity index is 1.59. The quantitative estimate of drug-likeness (QED) is 0.413. The lowest BCUT2D eigenvalue weighted by molar-refractivity contribution is -0.121. The fourth-order valence-corrected chi connectivity index (χ4v) is 4.48. The van der Waals surface area contributed by atoms with Gasteiger partial charge in [-0.05, 0) is 36.1 Å². The molecule has 2 atom stereocenters. The maximum Gasteiger partial charge on any atom is 0.141 e. The second kappa shape index (κ2) is 10.9. The highest BCUT2D eigenvalue weighted by Crippen LogP contribution is 2.41. The first kappa shape index (κ1) is 23.3. The molecule has 0 aliphatic carbocycles. The number of Topliss-reactive ketones (excluding diaryl/α,β-unsaturated/α-hetero) is 1. The number of carbonyl (C=O) groups is 1. The number of allylic oxidation sites excluding steroid dienone is 1. The highest BCUT2D eigenvalue weighted by molar-refractivity contribution is 5.80. The molecule has 1 aliphatic rings. The molecule has 34 heavy (non-hydrogen) atoms. The summed E-state index contributed by atoms with van der Waals surface area (Å²) in [4.78, 5) is 14.9. The largest absolute Gasteiger partial charge is 0.488 e. The number of hydrogen-bond donors (Lipinski definition) is 0. The van der Waals surface area contributed by atoms with Gasteiger partial charge < -0.3 is 9.64 Å². The molecule has 0 bridgehead atoms. The van der Waals surface area contributed by atoms with Crippen LogP contribution in [-0.2, 0) is 16.0 Å². The van der Waals surface area contributed by atoms with Gasteiger partial charge in [0.1, 0.15) is 17.6 Å². The van der Waals surface area contributed by atoms with Crippen LogP contribution in [0.2, 0.25) is 0 Å². The van der Waals surface area contributed by atoms with E-state index in [4.69, 9.17) is 4.74 Å². The van der Waals surface area contributed by atoms with Gasteiger partial charge in [0.05, 0.1) is 11.6 Å². The molecule has 4 heteroatoms. The monoisotopic (exact) mass is 450 g/mol. The average molecular weight is 451 g/mol. The zero-order chi connectivity index (χ0) is 23.9. The van der Waals surface area contributed by atoms with Crippen molar-refractivity contribution in [2.75, 3.05) is 19.0 Å². The van der Waals surface area contributed by atoms with Crippen molar-refractivity contribution in [3.05, 3.63) is 107 Å². The molecule has 0 N–H and O–H groups in total. The van der Waals surface area contributed by atoms with E-state index in [1.807, 2.05) is 74.8 Å². The minimum Gasteiger partial charge on any atom is -0.488 e. The molecular weight excluding hydrogens is 420 g/mol. The van der Waals surface area contributed by atoms with Gasteiger partial charge in [-0.3, -0.25) is 4.79 Å². The van der Waals surface area contributed by atoms with Crippen molar-refractivity contribution in [1.82, 2.24) is 0 Å². The molecule has 0 amide bonds. The normalized spacial score (nSPS) is 17.6. The van der Waals surface area contributed by atoms with E-state index in [0.29, 0.717) is 30.6 Å². The molecule has 3 aromatic carbocycles. The fourth-order valence-electron chi connectivity index (χ4n) is 4.48. The number of hydrogen-bond acceptors (Lipinski definition) is 4. The Bertz CT molecular complexity index is 1180. The van der Waals surface area contributed by atoms with Crippen LogP contribution in [0.3, 0.4) is 0 Å². The second-order valence-corrected chi connectivity index (χ2v) is 8.96. The molecule has 0 aromatic heterocycles. The zero-order valence-corrected chi connectivity index (χ0v) is 19.8. The summed E-state index contributed by atoms with van der Waals surface area (Å²) in [5.74, 6) is 0.664. The van der Waals surface area contributed by atoms with Gasteiger partial charge in [-0.2, -0.15) is 5.26 Å². The van der Waals surface area contributed by atoms with E-state index < -0.39 is 0 Å². The van der Waals surface area contributed by atoms with Crippen LogP contribution < -0.4 is 4.90 Å². The minimum atomic E-state index is -0.269. The van der Waals surface area contributed by atoms with E-state index in [1.54, 1.807) is 0 Å². The van der Waals surface area contributed by atoms with Gasteiger partial charge in [0.2, 0.25) is 0 Å². The molecule has 0 radical (unpaired) electrons. The molecule has 0 saturated carbocycles. The van der Waals surface area contributed by atoms with Crippen molar-refractivity contribution in [3.63, 3.8) is 0 Å². The fraction of sp³-hybridized carbons (Fsp3) is 0.267. The van der Waals surface area contributed by atoms with Crippen LogP contribution in [0.15, 0.2) is 90.5 Å². The molecule has 4 rings (SSSR count). The number of carbonyl (C=O) groups excluding carboxylic acids is 1. The third-order valence-corrected chi connectivity index (χ3v) is 6.34. The van der Waals surface area contributed by atoms with E-state index in [0.717, 1.165) is 28.8 Å². The Morgan fingerprint density at radius 1 is 0.971 bits per heavy atom. The van der Waals surface area contributed by atoms with Crippen molar-refractivity contribution in [2.24, 2.45) is 0 Å². The van der Waals surface area contributed by atoms with E-state index >= 15 is 0 Å². The first-order chi connectivity index (χ1) is 16.5. The molecule has 3 aromatic rings. The van der Waals surface area contributed by atoms with Crippen molar-refractivity contribution in [3.8, 4) is 6.07 Å². The third-order valence-electron chi connectivity index (χ3n) is 6.34. The number of benzene rings is 3. The van der Waals surface area contributed by atoms with Gasteiger partial charge in [0.25, 0.3) is 0 Å². The summed E-state index contributed by atoms with van der Waals surface area (Å²) in [5, 5.41) is 10.1. The summed E-state index contributed by atoms with van der Waals surface area (Å²) in [6, 6.07) is 30.5. The maximum absolute atomic E-state index is 12.9. The zero-order valence-electron chi connectivity index (χ0n) is 19.8.